The largest absolute Gasteiger partial charge is 0.465 e. The van der Waals surface area contributed by atoms with E-state index in [1.54, 1.807) is 30.5 Å². The van der Waals surface area contributed by atoms with Crippen LogP contribution in [0.15, 0.2) is 77.4 Å². The number of hydrogen-bond acceptors (Lipinski definition) is 5. The average Bonchev–Trinajstić information content (AvgIpc) is 3.35. The maximum absolute atomic E-state index is 13.2. The summed E-state index contributed by atoms with van der Waals surface area (Å²) in [5, 5.41) is 0.739. The molecule has 0 N–H and O–H groups in total. The van der Waals surface area contributed by atoms with Gasteiger partial charge < -0.3 is 9.15 Å². The van der Waals surface area contributed by atoms with Crippen molar-refractivity contribution in [2.45, 2.75) is 19.3 Å². The van der Waals surface area contributed by atoms with Crippen LogP contribution in [0.25, 0.3) is 22.6 Å². The number of ketones is 1. The number of carbonyl (C=O) groups excluding carboxylic acids is 2. The number of Topliss-reactive ketones (excluding diaryl/α,β-unsaturated/α-hetero) is 1. The molecule has 32 heavy (non-hydrogen) atoms. The lowest BCUT2D eigenvalue weighted by molar-refractivity contribution is 0.0475. The molecule has 0 unspecified atom stereocenters. The van der Waals surface area contributed by atoms with E-state index in [4.69, 9.17) is 14.1 Å². The van der Waals surface area contributed by atoms with Crippen LogP contribution >= 0.6 is 0 Å². The second-order valence-corrected chi connectivity index (χ2v) is 7.73. The molecule has 5 nitrogen and oxygen atoms in total. The highest BCUT2D eigenvalue weighted by Crippen LogP contribution is 2.36. The molecule has 0 amide bonds. The van der Waals surface area contributed by atoms with Gasteiger partial charge in [0.2, 0.25) is 0 Å². The van der Waals surface area contributed by atoms with Crippen LogP contribution in [-0.2, 0) is 11.2 Å². The van der Waals surface area contributed by atoms with Gasteiger partial charge in [0.1, 0.15) is 5.76 Å². The van der Waals surface area contributed by atoms with Crippen LogP contribution < -0.4 is 0 Å². The van der Waals surface area contributed by atoms with Crippen molar-refractivity contribution in [1.29, 1.82) is 0 Å². The zero-order valence-corrected chi connectivity index (χ0v) is 17.4. The monoisotopic (exact) mass is 423 g/mol. The maximum atomic E-state index is 13.2. The second-order valence-electron chi connectivity index (χ2n) is 7.73. The first-order valence-electron chi connectivity index (χ1n) is 10.6. The fraction of sp³-hybridized carbons (Fsp3) is 0.148. The van der Waals surface area contributed by atoms with Crippen LogP contribution in [0.3, 0.4) is 0 Å². The van der Waals surface area contributed by atoms with Crippen LogP contribution in [0, 0.1) is 0 Å². The molecular formula is C27H21NO4. The third-order valence-corrected chi connectivity index (χ3v) is 5.66. The van der Waals surface area contributed by atoms with Crippen molar-refractivity contribution >= 4 is 34.3 Å². The Morgan fingerprint density at radius 2 is 1.78 bits per heavy atom. The zero-order chi connectivity index (χ0) is 21.9. The standard InChI is InChI=1S/C27H21NO4/c29-24(18-8-2-1-3-9-18)17-32-27(30)25-21-12-4-5-14-23(21)28-26-19(10-6-13-22(25)26)16-20-11-7-15-31-20/h1-5,7-9,11-12,14-16H,6,10,13,17H2. The molecule has 0 saturated heterocycles. The Morgan fingerprint density at radius 3 is 2.59 bits per heavy atom. The first-order chi connectivity index (χ1) is 15.7. The average molecular weight is 423 g/mol. The predicted octanol–water partition coefficient (Wildman–Crippen LogP) is 5.74. The lowest BCUT2D eigenvalue weighted by Gasteiger charge is -2.22. The topological polar surface area (TPSA) is 69.4 Å². The molecule has 158 valence electrons. The molecule has 2 heterocycles. The van der Waals surface area contributed by atoms with Crippen LogP contribution in [0.1, 0.15) is 50.6 Å². The first kappa shape index (κ1) is 19.9. The van der Waals surface area contributed by atoms with Gasteiger partial charge >= 0.3 is 5.97 Å². The minimum absolute atomic E-state index is 0.232. The van der Waals surface area contributed by atoms with Crippen molar-refractivity contribution < 1.29 is 18.7 Å². The smallest absolute Gasteiger partial charge is 0.339 e. The third kappa shape index (κ3) is 3.85. The zero-order valence-electron chi connectivity index (χ0n) is 17.4. The van der Waals surface area contributed by atoms with E-state index in [1.165, 1.54) is 0 Å². The Balaban J connectivity index is 1.54. The van der Waals surface area contributed by atoms with Gasteiger partial charge in [-0.2, -0.15) is 0 Å². The number of ether oxygens (including phenoxy) is 1. The summed E-state index contributed by atoms with van der Waals surface area (Å²) in [4.78, 5) is 30.6. The second kappa shape index (κ2) is 8.63. The van der Waals surface area contributed by atoms with Gasteiger partial charge in [0.15, 0.2) is 12.4 Å². The third-order valence-electron chi connectivity index (χ3n) is 5.66. The van der Waals surface area contributed by atoms with Crippen molar-refractivity contribution in [3.63, 3.8) is 0 Å². The molecule has 0 atom stereocenters. The van der Waals surface area contributed by atoms with Gasteiger partial charge in [-0.25, -0.2) is 9.78 Å². The van der Waals surface area contributed by atoms with Crippen LogP contribution in [0.4, 0.5) is 0 Å². The van der Waals surface area contributed by atoms with E-state index in [2.05, 4.69) is 0 Å². The van der Waals surface area contributed by atoms with E-state index >= 15 is 0 Å². The van der Waals surface area contributed by atoms with Crippen molar-refractivity contribution in [2.24, 2.45) is 0 Å². The summed E-state index contributed by atoms with van der Waals surface area (Å²) < 4.78 is 11.0. The van der Waals surface area contributed by atoms with Crippen molar-refractivity contribution in [3.05, 3.63) is 101 Å². The van der Waals surface area contributed by atoms with Gasteiger partial charge in [-0.15, -0.1) is 0 Å². The molecule has 0 bridgehead atoms. The summed E-state index contributed by atoms with van der Waals surface area (Å²) in [5.74, 6) is 0.0216. The first-order valence-corrected chi connectivity index (χ1v) is 10.6. The summed E-state index contributed by atoms with van der Waals surface area (Å²) in [6, 6.07) is 20.1. The molecule has 4 aromatic rings. The summed E-state index contributed by atoms with van der Waals surface area (Å²) in [6.45, 7) is -0.302. The van der Waals surface area contributed by atoms with E-state index in [0.717, 1.165) is 52.8 Å². The molecule has 2 aromatic carbocycles. The molecule has 1 aliphatic carbocycles. The highest BCUT2D eigenvalue weighted by molar-refractivity contribution is 6.07. The van der Waals surface area contributed by atoms with Crippen molar-refractivity contribution in [3.8, 4) is 0 Å². The molecule has 0 spiro atoms. The van der Waals surface area contributed by atoms with Crippen LogP contribution in [-0.4, -0.2) is 23.3 Å². The Bertz CT molecular complexity index is 1320. The van der Waals surface area contributed by atoms with Gasteiger partial charge in [-0.3, -0.25) is 4.79 Å². The molecule has 2 aromatic heterocycles. The molecule has 0 aliphatic heterocycles. The number of pyridine rings is 1. The molecule has 0 saturated carbocycles. The van der Waals surface area contributed by atoms with Gasteiger partial charge in [0.25, 0.3) is 0 Å². The highest BCUT2D eigenvalue weighted by atomic mass is 16.5. The van der Waals surface area contributed by atoms with E-state index in [0.29, 0.717) is 11.1 Å². The molecule has 0 fully saturated rings. The van der Waals surface area contributed by atoms with E-state index in [1.807, 2.05) is 48.5 Å². The van der Waals surface area contributed by atoms with Crippen molar-refractivity contribution in [2.75, 3.05) is 6.61 Å². The number of benzene rings is 2. The van der Waals surface area contributed by atoms with Crippen molar-refractivity contribution in [1.82, 2.24) is 4.98 Å². The minimum Gasteiger partial charge on any atom is -0.465 e. The number of para-hydroxylation sites is 1. The van der Waals surface area contributed by atoms with Crippen LogP contribution in [0.5, 0.6) is 0 Å². The molecule has 1 aliphatic rings. The Hall–Kier alpha value is -3.99. The number of furan rings is 1. The van der Waals surface area contributed by atoms with E-state index in [9.17, 15) is 9.59 Å². The number of hydrogen-bond donors (Lipinski definition) is 0. The Morgan fingerprint density at radius 1 is 0.969 bits per heavy atom. The number of aromatic nitrogens is 1. The van der Waals surface area contributed by atoms with E-state index < -0.39 is 5.97 Å². The molecule has 5 heteroatoms. The summed E-state index contributed by atoms with van der Waals surface area (Å²) in [7, 11) is 0. The fourth-order valence-corrected chi connectivity index (χ4v) is 4.16. The number of nitrogens with zero attached hydrogens (tertiary/aromatic N) is 1. The molecule has 5 rings (SSSR count). The quantitative estimate of drug-likeness (QED) is 0.302. The summed E-state index contributed by atoms with van der Waals surface area (Å²) in [6.07, 6.45) is 6.08. The summed E-state index contributed by atoms with van der Waals surface area (Å²) in [5.41, 5.74) is 4.43. The number of fused-ring (bicyclic) bond motifs is 2. The SMILES string of the molecule is O=C(COC(=O)c1c2c(nc3ccccc13)C(=Cc1ccco1)CCC2)c1ccccc1. The molecule has 0 radical (unpaired) electrons. The predicted molar refractivity (Wildman–Crippen MR) is 122 cm³/mol. The number of rotatable bonds is 5. The van der Waals surface area contributed by atoms with Gasteiger partial charge in [0.05, 0.1) is 23.0 Å². The lowest BCUT2D eigenvalue weighted by Crippen LogP contribution is -2.18. The number of esters is 1. The van der Waals surface area contributed by atoms with Crippen LogP contribution in [0.2, 0.25) is 0 Å². The Kier molecular flexibility index (Phi) is 5.38. The minimum atomic E-state index is -0.497. The summed E-state index contributed by atoms with van der Waals surface area (Å²) >= 11 is 0. The maximum Gasteiger partial charge on any atom is 0.339 e. The Labute approximate surface area is 185 Å². The van der Waals surface area contributed by atoms with Gasteiger partial charge in [-0.05, 0) is 54.7 Å². The lowest BCUT2D eigenvalue weighted by atomic mass is 9.86. The molecular weight excluding hydrogens is 402 g/mol. The van der Waals surface area contributed by atoms with Gasteiger partial charge in [-0.1, -0.05) is 48.5 Å². The number of allylic oxidation sites excluding steroid dienone is 1. The normalized spacial score (nSPS) is 14.3. The van der Waals surface area contributed by atoms with E-state index in [-0.39, 0.29) is 12.4 Å². The van der Waals surface area contributed by atoms with Gasteiger partial charge in [0, 0.05) is 10.9 Å². The number of carbonyl (C=O) groups is 2. The highest BCUT2D eigenvalue weighted by Gasteiger charge is 2.26. The fourth-order valence-electron chi connectivity index (χ4n) is 4.16.